The Morgan fingerprint density at radius 3 is 1.85 bits per heavy atom. The van der Waals surface area contributed by atoms with Gasteiger partial charge in [-0.15, -0.1) is 0 Å². The molecule has 13 heavy (non-hydrogen) atoms. The topological polar surface area (TPSA) is 49.4 Å². The van der Waals surface area contributed by atoms with Gasteiger partial charge in [0.05, 0.1) is 6.10 Å². The zero-order valence-electron chi connectivity index (χ0n) is 9.33. The molecule has 0 heterocycles. The van der Waals surface area contributed by atoms with Crippen LogP contribution in [0.2, 0.25) is 0 Å². The van der Waals surface area contributed by atoms with Crippen LogP contribution < -0.4 is 4.89 Å². The first-order valence-corrected chi connectivity index (χ1v) is 6.17. The van der Waals surface area contributed by atoms with E-state index in [9.17, 15) is 9.46 Å². The summed E-state index contributed by atoms with van der Waals surface area (Å²) in [5.41, 5.74) is -0.591. The third kappa shape index (κ3) is 4.26. The van der Waals surface area contributed by atoms with Crippen molar-refractivity contribution in [3.8, 4) is 0 Å². The minimum Gasteiger partial charge on any atom is -0.778 e. The maximum atomic E-state index is 11.4. The third-order valence-electron chi connectivity index (χ3n) is 2.16. The molecule has 0 saturated heterocycles. The molecule has 0 fully saturated rings. The van der Waals surface area contributed by atoms with Crippen LogP contribution in [0.5, 0.6) is 0 Å². The van der Waals surface area contributed by atoms with E-state index in [1.165, 1.54) is 0 Å². The summed E-state index contributed by atoms with van der Waals surface area (Å²) in [7, 11) is -3.67. The van der Waals surface area contributed by atoms with Gasteiger partial charge in [0.25, 0.3) is 0 Å². The molecule has 2 unspecified atom stereocenters. The zero-order chi connectivity index (χ0) is 10.9. The van der Waals surface area contributed by atoms with Gasteiger partial charge >= 0.3 is 0 Å². The molecule has 0 bridgehead atoms. The number of hydrogen-bond donors (Lipinski definition) is 0. The van der Waals surface area contributed by atoms with Crippen LogP contribution in [-0.4, -0.2) is 11.8 Å². The predicted octanol–water partition coefficient (Wildman–Crippen LogP) is 2.40. The fourth-order valence-electron chi connectivity index (χ4n) is 0.500. The van der Waals surface area contributed by atoms with Crippen molar-refractivity contribution in [2.45, 2.75) is 53.3 Å². The van der Waals surface area contributed by atoms with E-state index < -0.39 is 13.3 Å². The van der Waals surface area contributed by atoms with Gasteiger partial charge in [0.15, 0.2) is 0 Å². The first-order valence-electron chi connectivity index (χ1n) is 4.56. The van der Waals surface area contributed by atoms with E-state index in [1.54, 1.807) is 20.8 Å². The molecule has 0 amide bonds. The van der Waals surface area contributed by atoms with Crippen molar-refractivity contribution in [3.05, 3.63) is 0 Å². The van der Waals surface area contributed by atoms with Crippen molar-refractivity contribution < 1.29 is 14.0 Å². The summed E-state index contributed by atoms with van der Waals surface area (Å²) >= 11 is 0. The van der Waals surface area contributed by atoms with E-state index in [0.717, 1.165) is 0 Å². The Hall–Kier alpha value is 0.150. The summed E-state index contributed by atoms with van der Waals surface area (Å²) in [5, 5.41) is 0. The minimum atomic E-state index is -3.67. The highest BCUT2D eigenvalue weighted by Crippen LogP contribution is 2.46. The molecule has 0 aliphatic carbocycles. The largest absolute Gasteiger partial charge is 0.778 e. The summed E-state index contributed by atoms with van der Waals surface area (Å²) in [6.45, 7) is 10.9. The van der Waals surface area contributed by atoms with Gasteiger partial charge in [-0.2, -0.15) is 0 Å². The molecular formula is C9H20O3P-. The maximum absolute atomic E-state index is 11.4. The first-order chi connectivity index (χ1) is 5.57. The molecule has 3 nitrogen and oxygen atoms in total. The van der Waals surface area contributed by atoms with Crippen molar-refractivity contribution in [2.24, 2.45) is 5.41 Å². The summed E-state index contributed by atoms with van der Waals surface area (Å²) in [5.74, 6) is 0. The van der Waals surface area contributed by atoms with Crippen LogP contribution in [0.25, 0.3) is 0 Å². The van der Waals surface area contributed by atoms with Crippen molar-refractivity contribution in [1.29, 1.82) is 0 Å². The zero-order valence-corrected chi connectivity index (χ0v) is 10.2. The van der Waals surface area contributed by atoms with Crippen LogP contribution in [0.4, 0.5) is 0 Å². The lowest BCUT2D eigenvalue weighted by molar-refractivity contribution is -0.207. The Bertz CT molecular complexity index is 205. The van der Waals surface area contributed by atoms with Crippen molar-refractivity contribution in [3.63, 3.8) is 0 Å². The van der Waals surface area contributed by atoms with E-state index in [2.05, 4.69) is 0 Å². The Morgan fingerprint density at radius 2 is 1.62 bits per heavy atom. The SMILES string of the molecule is CC(OP(=O)([O-])C(C)C)C(C)(C)C. The van der Waals surface area contributed by atoms with Gasteiger partial charge in [-0.05, 0) is 12.3 Å². The Balaban J connectivity index is 4.38. The van der Waals surface area contributed by atoms with E-state index in [-0.39, 0.29) is 11.5 Å². The molecule has 0 aromatic carbocycles. The molecule has 0 aromatic heterocycles. The Morgan fingerprint density at radius 1 is 1.23 bits per heavy atom. The molecule has 0 aliphatic heterocycles. The molecule has 0 aromatic rings. The van der Waals surface area contributed by atoms with Crippen LogP contribution in [0.3, 0.4) is 0 Å². The van der Waals surface area contributed by atoms with E-state index in [1.807, 2.05) is 20.8 Å². The average Bonchev–Trinajstić information content (AvgIpc) is 1.83. The van der Waals surface area contributed by atoms with Gasteiger partial charge in [-0.3, -0.25) is 0 Å². The highest BCUT2D eigenvalue weighted by molar-refractivity contribution is 7.52. The number of rotatable bonds is 3. The molecule has 0 rings (SSSR count). The quantitative estimate of drug-likeness (QED) is 0.667. The molecule has 0 aliphatic rings. The van der Waals surface area contributed by atoms with E-state index in [4.69, 9.17) is 4.52 Å². The summed E-state index contributed by atoms with van der Waals surface area (Å²) in [4.78, 5) is 11.4. The maximum Gasteiger partial charge on any atom is 0.137 e. The van der Waals surface area contributed by atoms with Crippen LogP contribution in [0.15, 0.2) is 0 Å². The van der Waals surface area contributed by atoms with Gasteiger partial charge < -0.3 is 14.0 Å². The van der Waals surface area contributed by atoms with Gasteiger partial charge in [0, 0.05) is 5.66 Å². The Kier molecular flexibility index (Phi) is 4.17. The lowest BCUT2D eigenvalue weighted by Gasteiger charge is -2.36. The highest BCUT2D eigenvalue weighted by Gasteiger charge is 2.26. The van der Waals surface area contributed by atoms with Crippen molar-refractivity contribution >= 4 is 7.60 Å². The minimum absolute atomic E-state index is 0.144. The molecule has 4 heteroatoms. The number of hydrogen-bond acceptors (Lipinski definition) is 3. The second-order valence-corrected chi connectivity index (χ2v) is 7.07. The van der Waals surface area contributed by atoms with Crippen molar-refractivity contribution in [2.75, 3.05) is 0 Å². The highest BCUT2D eigenvalue weighted by atomic mass is 31.2. The lowest BCUT2D eigenvalue weighted by atomic mass is 9.91. The fraction of sp³-hybridized carbons (Fsp3) is 1.00. The average molecular weight is 207 g/mol. The second-order valence-electron chi connectivity index (χ2n) is 4.75. The van der Waals surface area contributed by atoms with Gasteiger partial charge in [-0.25, -0.2) is 0 Å². The fourth-order valence-corrected chi connectivity index (χ4v) is 1.50. The van der Waals surface area contributed by atoms with Gasteiger partial charge in [0.1, 0.15) is 7.60 Å². The predicted molar refractivity (Wildman–Crippen MR) is 52.7 cm³/mol. The monoisotopic (exact) mass is 207 g/mol. The van der Waals surface area contributed by atoms with Gasteiger partial charge in [-0.1, -0.05) is 34.6 Å². The molecule has 80 valence electrons. The normalized spacial score (nSPS) is 20.0. The van der Waals surface area contributed by atoms with Crippen LogP contribution in [0, 0.1) is 5.41 Å². The first kappa shape index (κ1) is 13.2. The van der Waals surface area contributed by atoms with Gasteiger partial charge in [0.2, 0.25) is 0 Å². The molecule has 2 atom stereocenters. The summed E-state index contributed by atoms with van der Waals surface area (Å²) in [6, 6.07) is 0. The van der Waals surface area contributed by atoms with E-state index in [0.29, 0.717) is 0 Å². The summed E-state index contributed by atoms with van der Waals surface area (Å²) < 4.78 is 16.5. The third-order valence-corrected chi connectivity index (χ3v) is 4.03. The lowest BCUT2D eigenvalue weighted by Crippen LogP contribution is -2.28. The van der Waals surface area contributed by atoms with E-state index >= 15 is 0 Å². The molecule has 0 radical (unpaired) electrons. The summed E-state index contributed by atoms with van der Waals surface area (Å²) in [6.07, 6.45) is -0.279. The second kappa shape index (κ2) is 4.12. The smallest absolute Gasteiger partial charge is 0.137 e. The molecule has 0 spiro atoms. The molecule has 0 N–H and O–H groups in total. The Labute approximate surface area is 81.0 Å². The van der Waals surface area contributed by atoms with Crippen LogP contribution in [0.1, 0.15) is 41.5 Å². The molecule has 0 saturated carbocycles. The molecular weight excluding hydrogens is 187 g/mol. The van der Waals surface area contributed by atoms with Crippen LogP contribution in [-0.2, 0) is 9.09 Å². The standard InChI is InChI=1S/C9H21O3P/c1-7(2)13(10,11)12-8(3)9(4,5)6/h7-8H,1-6H3,(H,10,11)/p-1. The van der Waals surface area contributed by atoms with Crippen LogP contribution >= 0.6 is 7.60 Å². The van der Waals surface area contributed by atoms with Crippen molar-refractivity contribution in [1.82, 2.24) is 0 Å².